The number of aliphatic hydroxyl groups excluding tert-OH is 1. The number of aliphatic hydroxyl groups is 1. The smallest absolute Gasteiger partial charge is 0.108 e. The third-order valence-corrected chi connectivity index (χ3v) is 1.25. The van der Waals surface area contributed by atoms with E-state index in [1.165, 1.54) is 0 Å². The third kappa shape index (κ3) is 4.20. The summed E-state index contributed by atoms with van der Waals surface area (Å²) in [6.07, 6.45) is 5.07. The molecule has 0 fully saturated rings. The molecule has 0 aromatic carbocycles. The third-order valence-electron chi connectivity index (χ3n) is 1.25. The lowest BCUT2D eigenvalue weighted by atomic mass is 10.1. The van der Waals surface area contributed by atoms with Gasteiger partial charge in [-0.25, -0.2) is 0 Å². The monoisotopic (exact) mass is 150 g/mol. The Hall–Kier alpha value is -1.24. The molecule has 0 radical (unpaired) electrons. The highest BCUT2D eigenvalue weighted by Gasteiger charge is 1.87. The molecule has 1 heteroatoms. The molecule has 11 heavy (non-hydrogen) atoms. The van der Waals surface area contributed by atoms with Crippen molar-refractivity contribution in [1.29, 1.82) is 0 Å². The second-order valence-electron chi connectivity index (χ2n) is 2.48. The van der Waals surface area contributed by atoms with E-state index in [4.69, 9.17) is 5.11 Å². The van der Waals surface area contributed by atoms with E-state index in [0.29, 0.717) is 0 Å². The molecule has 0 aliphatic rings. The molecule has 1 N–H and O–H groups in total. The largest absolute Gasteiger partial charge is 0.509 e. The predicted octanol–water partition coefficient (Wildman–Crippen LogP) is 3.14. The summed E-state index contributed by atoms with van der Waals surface area (Å²) in [6.45, 7) is 10.9. The van der Waals surface area contributed by atoms with Crippen molar-refractivity contribution in [2.75, 3.05) is 0 Å². The van der Waals surface area contributed by atoms with Crippen molar-refractivity contribution in [3.8, 4) is 0 Å². The van der Waals surface area contributed by atoms with Gasteiger partial charge in [0.1, 0.15) is 5.76 Å². The number of hydrogen-bond donors (Lipinski definition) is 1. The van der Waals surface area contributed by atoms with Crippen LogP contribution in [-0.4, -0.2) is 5.11 Å². The predicted molar refractivity (Wildman–Crippen MR) is 49.5 cm³/mol. The van der Waals surface area contributed by atoms with Crippen LogP contribution in [-0.2, 0) is 0 Å². The Morgan fingerprint density at radius 1 is 1.27 bits per heavy atom. The van der Waals surface area contributed by atoms with Crippen LogP contribution in [0.15, 0.2) is 48.3 Å². The summed E-state index contributed by atoms with van der Waals surface area (Å²) < 4.78 is 0. The maximum atomic E-state index is 8.74. The topological polar surface area (TPSA) is 20.2 Å². The van der Waals surface area contributed by atoms with Crippen LogP contribution in [0.4, 0.5) is 0 Å². The van der Waals surface area contributed by atoms with Gasteiger partial charge in [-0.3, -0.25) is 0 Å². The molecule has 0 saturated heterocycles. The molecule has 0 aliphatic heterocycles. The first-order chi connectivity index (χ1) is 5.07. The summed E-state index contributed by atoms with van der Waals surface area (Å²) in [5, 5.41) is 8.74. The van der Waals surface area contributed by atoms with E-state index in [1.807, 2.05) is 13.8 Å². The molecule has 60 valence electrons. The van der Waals surface area contributed by atoms with E-state index < -0.39 is 0 Å². The second kappa shape index (κ2) is 4.56. The van der Waals surface area contributed by atoms with Gasteiger partial charge in [0.15, 0.2) is 0 Å². The van der Waals surface area contributed by atoms with Crippen LogP contribution in [0.3, 0.4) is 0 Å². The van der Waals surface area contributed by atoms with Gasteiger partial charge in [-0.05, 0) is 25.5 Å². The van der Waals surface area contributed by atoms with Gasteiger partial charge >= 0.3 is 0 Å². The molecule has 0 atom stereocenters. The molecule has 0 heterocycles. The first kappa shape index (κ1) is 9.76. The first-order valence-corrected chi connectivity index (χ1v) is 3.43. The molecule has 0 bridgehead atoms. The van der Waals surface area contributed by atoms with Crippen LogP contribution >= 0.6 is 0 Å². The van der Waals surface area contributed by atoms with E-state index in [9.17, 15) is 0 Å². The summed E-state index contributed by atoms with van der Waals surface area (Å²) in [5.41, 5.74) is 2.18. The molecule has 0 spiro atoms. The van der Waals surface area contributed by atoms with Crippen molar-refractivity contribution in [3.05, 3.63) is 48.3 Å². The normalized spacial score (nSPS) is 9.64. The highest BCUT2D eigenvalue weighted by molar-refractivity contribution is 5.34. The average Bonchev–Trinajstić information content (AvgIpc) is 1.87. The summed E-state index contributed by atoms with van der Waals surface area (Å²) >= 11 is 0. The van der Waals surface area contributed by atoms with Crippen LogP contribution in [0.5, 0.6) is 0 Å². The fourth-order valence-corrected chi connectivity index (χ4v) is 0.625. The minimum atomic E-state index is 0.0607. The second-order valence-corrected chi connectivity index (χ2v) is 2.48. The van der Waals surface area contributed by atoms with Gasteiger partial charge in [-0.15, -0.1) is 0 Å². The van der Waals surface area contributed by atoms with Gasteiger partial charge in [-0.1, -0.05) is 30.9 Å². The van der Waals surface area contributed by atoms with Gasteiger partial charge in [0.05, 0.1) is 0 Å². The van der Waals surface area contributed by atoms with Crippen LogP contribution in [0.2, 0.25) is 0 Å². The molecule has 1 nitrogen and oxygen atoms in total. The number of hydrogen-bond acceptors (Lipinski definition) is 1. The fourth-order valence-electron chi connectivity index (χ4n) is 0.625. The van der Waals surface area contributed by atoms with Crippen LogP contribution in [0.1, 0.15) is 13.8 Å². The lowest BCUT2D eigenvalue weighted by Crippen LogP contribution is -1.76. The Labute approximate surface area is 68.1 Å². The Kier molecular flexibility index (Phi) is 4.04. The van der Waals surface area contributed by atoms with E-state index in [0.717, 1.165) is 11.1 Å². The van der Waals surface area contributed by atoms with Crippen LogP contribution in [0.25, 0.3) is 0 Å². The fraction of sp³-hybridized carbons (Fsp3) is 0.200. The SMILES string of the molecule is C=CC(/C=C\C(=C)O)=C(C)C. The molecular formula is C10H14O. The zero-order valence-electron chi connectivity index (χ0n) is 7.09. The van der Waals surface area contributed by atoms with E-state index in [1.54, 1.807) is 18.2 Å². The Balaban J connectivity index is 4.46. The van der Waals surface area contributed by atoms with Gasteiger partial charge in [0.2, 0.25) is 0 Å². The molecule has 0 aromatic heterocycles. The Morgan fingerprint density at radius 3 is 2.09 bits per heavy atom. The maximum Gasteiger partial charge on any atom is 0.108 e. The highest BCUT2D eigenvalue weighted by atomic mass is 16.3. The zero-order valence-corrected chi connectivity index (χ0v) is 7.09. The van der Waals surface area contributed by atoms with Crippen LogP contribution < -0.4 is 0 Å². The lowest BCUT2D eigenvalue weighted by Gasteiger charge is -1.95. The summed E-state index contributed by atoms with van der Waals surface area (Å²) in [5.74, 6) is 0.0607. The first-order valence-electron chi connectivity index (χ1n) is 3.43. The minimum absolute atomic E-state index is 0.0607. The van der Waals surface area contributed by atoms with E-state index in [-0.39, 0.29) is 5.76 Å². The van der Waals surface area contributed by atoms with Crippen molar-refractivity contribution < 1.29 is 5.11 Å². The van der Waals surface area contributed by atoms with Crippen molar-refractivity contribution in [3.63, 3.8) is 0 Å². The van der Waals surface area contributed by atoms with Gasteiger partial charge in [0.25, 0.3) is 0 Å². The van der Waals surface area contributed by atoms with Gasteiger partial charge < -0.3 is 5.11 Å². The minimum Gasteiger partial charge on any atom is -0.509 e. The number of rotatable bonds is 3. The summed E-state index contributed by atoms with van der Waals surface area (Å²) in [6, 6.07) is 0. The van der Waals surface area contributed by atoms with Crippen molar-refractivity contribution in [2.24, 2.45) is 0 Å². The molecule has 0 aromatic rings. The van der Waals surface area contributed by atoms with Gasteiger partial charge in [0, 0.05) is 0 Å². The van der Waals surface area contributed by atoms with Crippen LogP contribution in [0, 0.1) is 0 Å². The van der Waals surface area contributed by atoms with E-state index in [2.05, 4.69) is 13.2 Å². The van der Waals surface area contributed by atoms with Crippen molar-refractivity contribution in [1.82, 2.24) is 0 Å². The standard InChI is InChI=1S/C10H14O/c1-5-10(8(2)3)7-6-9(4)11/h5-7,11H,1,4H2,2-3H3/b7-6-. The lowest BCUT2D eigenvalue weighted by molar-refractivity contribution is 0.435. The van der Waals surface area contributed by atoms with E-state index >= 15 is 0 Å². The summed E-state index contributed by atoms with van der Waals surface area (Å²) in [4.78, 5) is 0. The molecular weight excluding hydrogens is 136 g/mol. The zero-order chi connectivity index (χ0) is 8.85. The van der Waals surface area contributed by atoms with Crippen molar-refractivity contribution >= 4 is 0 Å². The summed E-state index contributed by atoms with van der Waals surface area (Å²) in [7, 11) is 0. The average molecular weight is 150 g/mol. The van der Waals surface area contributed by atoms with Crippen molar-refractivity contribution in [2.45, 2.75) is 13.8 Å². The molecule has 0 aliphatic carbocycles. The quantitative estimate of drug-likeness (QED) is 0.484. The Morgan fingerprint density at radius 2 is 1.82 bits per heavy atom. The van der Waals surface area contributed by atoms with Gasteiger partial charge in [-0.2, -0.15) is 0 Å². The molecule has 0 unspecified atom stereocenters. The number of allylic oxidation sites excluding steroid dienone is 5. The highest BCUT2D eigenvalue weighted by Crippen LogP contribution is 2.06. The Bertz CT molecular complexity index is 215. The maximum absolute atomic E-state index is 8.74. The molecule has 0 saturated carbocycles. The molecule has 0 amide bonds. The molecule has 0 rings (SSSR count).